The predicted octanol–water partition coefficient (Wildman–Crippen LogP) is 1.35. The SMILES string of the molecule is O=C1Cc2ccccc2-n2c(=O)c3ccccc3c(=O)n21. The lowest BCUT2D eigenvalue weighted by atomic mass is 10.1. The van der Waals surface area contributed by atoms with Gasteiger partial charge in [0.25, 0.3) is 17.0 Å². The second-order valence-electron chi connectivity index (χ2n) is 4.98. The van der Waals surface area contributed by atoms with Crippen LogP contribution in [0.15, 0.2) is 58.1 Å². The highest BCUT2D eigenvalue weighted by Gasteiger charge is 2.25. The second-order valence-corrected chi connectivity index (χ2v) is 4.98. The van der Waals surface area contributed by atoms with Crippen LogP contribution < -0.4 is 11.1 Å². The molecule has 2 aromatic carbocycles. The lowest BCUT2D eigenvalue weighted by Gasteiger charge is -2.22. The summed E-state index contributed by atoms with van der Waals surface area (Å²) in [6.45, 7) is 0. The molecule has 4 rings (SSSR count). The largest absolute Gasteiger partial charge is 0.280 e. The number of benzene rings is 2. The minimum absolute atomic E-state index is 0.119. The first-order valence-electron chi connectivity index (χ1n) is 6.57. The maximum atomic E-state index is 12.7. The molecule has 1 aliphatic rings. The Morgan fingerprint density at radius 3 is 2.00 bits per heavy atom. The molecule has 0 aliphatic carbocycles. The number of rotatable bonds is 0. The van der Waals surface area contributed by atoms with Crippen molar-refractivity contribution in [3.63, 3.8) is 0 Å². The van der Waals surface area contributed by atoms with Crippen LogP contribution in [0, 0.1) is 0 Å². The predicted molar refractivity (Wildman–Crippen MR) is 78.1 cm³/mol. The van der Waals surface area contributed by atoms with E-state index in [1.54, 1.807) is 42.5 Å². The molecule has 0 saturated heterocycles. The van der Waals surface area contributed by atoms with Crippen LogP contribution >= 0.6 is 0 Å². The van der Waals surface area contributed by atoms with E-state index >= 15 is 0 Å². The van der Waals surface area contributed by atoms with Crippen molar-refractivity contribution in [2.75, 3.05) is 0 Å². The fourth-order valence-electron chi connectivity index (χ4n) is 2.81. The molecule has 0 atom stereocenters. The Hall–Kier alpha value is -2.95. The highest BCUT2D eigenvalue weighted by atomic mass is 16.2. The van der Waals surface area contributed by atoms with Crippen molar-refractivity contribution >= 4 is 16.7 Å². The zero-order valence-corrected chi connectivity index (χ0v) is 10.9. The first-order valence-corrected chi connectivity index (χ1v) is 6.57. The highest BCUT2D eigenvalue weighted by molar-refractivity contribution is 5.88. The third kappa shape index (κ3) is 1.48. The van der Waals surface area contributed by atoms with Crippen LogP contribution in [0.2, 0.25) is 0 Å². The molecule has 1 aliphatic heterocycles. The van der Waals surface area contributed by atoms with E-state index in [2.05, 4.69) is 0 Å². The smallest absolute Gasteiger partial charge is 0.272 e. The Kier molecular flexibility index (Phi) is 2.27. The molecule has 0 saturated carbocycles. The summed E-state index contributed by atoms with van der Waals surface area (Å²) in [4.78, 5) is 37.5. The monoisotopic (exact) mass is 278 g/mol. The zero-order chi connectivity index (χ0) is 14.6. The maximum absolute atomic E-state index is 12.7. The highest BCUT2D eigenvalue weighted by Crippen LogP contribution is 2.19. The van der Waals surface area contributed by atoms with Crippen LogP contribution in [0.3, 0.4) is 0 Å². The van der Waals surface area contributed by atoms with E-state index in [1.807, 2.05) is 6.07 Å². The van der Waals surface area contributed by atoms with Gasteiger partial charge in [0.2, 0.25) is 0 Å². The third-order valence-electron chi connectivity index (χ3n) is 3.77. The number of hydrogen-bond donors (Lipinski definition) is 0. The first-order chi connectivity index (χ1) is 10.2. The molecule has 1 aromatic heterocycles. The van der Waals surface area contributed by atoms with Gasteiger partial charge in [0.15, 0.2) is 0 Å². The van der Waals surface area contributed by atoms with Gasteiger partial charge in [-0.3, -0.25) is 14.4 Å². The van der Waals surface area contributed by atoms with Gasteiger partial charge >= 0.3 is 0 Å². The lowest BCUT2D eigenvalue weighted by Crippen LogP contribution is -2.45. The number of aromatic nitrogens is 2. The third-order valence-corrected chi connectivity index (χ3v) is 3.77. The summed E-state index contributed by atoms with van der Waals surface area (Å²) < 4.78 is 2.14. The summed E-state index contributed by atoms with van der Waals surface area (Å²) >= 11 is 0. The number of hydrogen-bond acceptors (Lipinski definition) is 3. The van der Waals surface area contributed by atoms with Gasteiger partial charge in [0.05, 0.1) is 22.9 Å². The molecule has 0 unspecified atom stereocenters. The van der Waals surface area contributed by atoms with Crippen LogP contribution in [-0.2, 0) is 6.42 Å². The fourth-order valence-corrected chi connectivity index (χ4v) is 2.81. The minimum atomic E-state index is -0.454. The lowest BCUT2D eigenvalue weighted by molar-refractivity contribution is 0.0872. The van der Waals surface area contributed by atoms with Gasteiger partial charge in [0.1, 0.15) is 0 Å². The molecular formula is C16H10N2O3. The number of nitrogens with zero attached hydrogens (tertiary/aromatic N) is 2. The van der Waals surface area contributed by atoms with E-state index in [0.717, 1.165) is 10.2 Å². The van der Waals surface area contributed by atoms with Gasteiger partial charge in [0, 0.05) is 0 Å². The van der Waals surface area contributed by atoms with Gasteiger partial charge in [-0.25, -0.2) is 4.68 Å². The standard InChI is InChI=1S/C16H10N2O3/c19-14-9-10-5-1-4-8-13(10)17-15(20)11-6-2-3-7-12(11)16(21)18(14)17/h1-8H,9H2. The van der Waals surface area contributed by atoms with Crippen molar-refractivity contribution in [2.45, 2.75) is 6.42 Å². The van der Waals surface area contributed by atoms with Gasteiger partial charge in [-0.2, -0.15) is 4.68 Å². The van der Waals surface area contributed by atoms with E-state index < -0.39 is 5.56 Å². The topological polar surface area (TPSA) is 61.1 Å². The van der Waals surface area contributed by atoms with Crippen molar-refractivity contribution in [3.8, 4) is 5.69 Å². The molecule has 0 N–H and O–H groups in total. The van der Waals surface area contributed by atoms with Gasteiger partial charge < -0.3 is 0 Å². The summed E-state index contributed by atoms with van der Waals surface area (Å²) in [5.41, 5.74) is 0.527. The van der Waals surface area contributed by atoms with E-state index in [-0.39, 0.29) is 23.3 Å². The zero-order valence-electron chi connectivity index (χ0n) is 10.9. The Labute approximate surface area is 118 Å². The molecule has 0 bridgehead atoms. The second kappa shape index (κ2) is 4.02. The average molecular weight is 278 g/mol. The van der Waals surface area contributed by atoms with E-state index in [0.29, 0.717) is 11.1 Å². The van der Waals surface area contributed by atoms with Crippen LogP contribution in [0.5, 0.6) is 0 Å². The summed E-state index contributed by atoms with van der Waals surface area (Å²) in [7, 11) is 0. The Bertz CT molecular complexity index is 1030. The molecular weight excluding hydrogens is 268 g/mol. The van der Waals surface area contributed by atoms with Crippen LogP contribution in [0.1, 0.15) is 10.4 Å². The van der Waals surface area contributed by atoms with Crippen molar-refractivity contribution in [1.29, 1.82) is 0 Å². The molecule has 5 heteroatoms. The Balaban J connectivity index is 2.29. The van der Waals surface area contributed by atoms with Gasteiger partial charge in [-0.15, -0.1) is 0 Å². The number of para-hydroxylation sites is 1. The molecule has 0 amide bonds. The van der Waals surface area contributed by atoms with Crippen LogP contribution in [0.25, 0.3) is 16.5 Å². The van der Waals surface area contributed by atoms with Gasteiger partial charge in [-0.05, 0) is 23.8 Å². The number of fused-ring (bicyclic) bond motifs is 4. The Morgan fingerprint density at radius 1 is 0.714 bits per heavy atom. The molecule has 0 radical (unpaired) electrons. The summed E-state index contributed by atoms with van der Waals surface area (Å²) in [5.74, 6) is -0.387. The molecule has 0 fully saturated rings. The fraction of sp³-hybridized carbons (Fsp3) is 0.0625. The van der Waals surface area contributed by atoms with Gasteiger partial charge in [-0.1, -0.05) is 30.3 Å². The molecule has 2 heterocycles. The van der Waals surface area contributed by atoms with Crippen molar-refractivity contribution in [1.82, 2.24) is 9.36 Å². The maximum Gasteiger partial charge on any atom is 0.280 e. The van der Waals surface area contributed by atoms with Crippen molar-refractivity contribution < 1.29 is 4.79 Å². The normalized spacial score (nSPS) is 13.0. The van der Waals surface area contributed by atoms with Crippen molar-refractivity contribution in [3.05, 3.63) is 74.8 Å². The summed E-state index contributed by atoms with van der Waals surface area (Å²) in [6, 6.07) is 13.7. The summed E-state index contributed by atoms with van der Waals surface area (Å²) in [5, 5.41) is 0.592. The quantitative estimate of drug-likeness (QED) is 0.623. The Morgan fingerprint density at radius 2 is 1.29 bits per heavy atom. The van der Waals surface area contributed by atoms with E-state index in [4.69, 9.17) is 0 Å². The van der Waals surface area contributed by atoms with E-state index in [1.165, 1.54) is 4.68 Å². The van der Waals surface area contributed by atoms with Crippen molar-refractivity contribution in [2.24, 2.45) is 0 Å². The molecule has 102 valence electrons. The number of carbonyl (C=O) groups is 1. The van der Waals surface area contributed by atoms with Crippen LogP contribution in [0.4, 0.5) is 0 Å². The first kappa shape index (κ1) is 11.8. The molecule has 3 aromatic rings. The number of carbonyl (C=O) groups excluding carboxylic acids is 1. The molecule has 0 spiro atoms. The minimum Gasteiger partial charge on any atom is -0.272 e. The van der Waals surface area contributed by atoms with Crippen LogP contribution in [-0.4, -0.2) is 15.3 Å². The molecule has 21 heavy (non-hydrogen) atoms. The van der Waals surface area contributed by atoms with E-state index in [9.17, 15) is 14.4 Å². The average Bonchev–Trinajstić information content (AvgIpc) is 2.51. The molecule has 5 nitrogen and oxygen atoms in total. The summed E-state index contributed by atoms with van der Waals surface area (Å²) in [6.07, 6.45) is 0.119.